The van der Waals surface area contributed by atoms with Crippen LogP contribution in [-0.4, -0.2) is 30.1 Å². The summed E-state index contributed by atoms with van der Waals surface area (Å²) in [6.07, 6.45) is 0. The fourth-order valence-corrected chi connectivity index (χ4v) is 3.97. The van der Waals surface area contributed by atoms with E-state index >= 15 is 0 Å². The molecule has 1 aromatic heterocycles. The summed E-state index contributed by atoms with van der Waals surface area (Å²) in [4.78, 5) is 36.8. The molecule has 1 aromatic carbocycles. The zero-order valence-corrected chi connectivity index (χ0v) is 16.9. The lowest BCUT2D eigenvalue weighted by Crippen LogP contribution is -2.22. The lowest BCUT2D eigenvalue weighted by Gasteiger charge is -2.11. The summed E-state index contributed by atoms with van der Waals surface area (Å²) in [7, 11) is 0. The zero-order valence-electron chi connectivity index (χ0n) is 15.3. The number of esters is 1. The number of aryl methyl sites for hydroxylation is 1. The van der Waals surface area contributed by atoms with Crippen molar-refractivity contribution in [2.24, 2.45) is 0 Å². The zero-order chi connectivity index (χ0) is 20.8. The van der Waals surface area contributed by atoms with Crippen molar-refractivity contribution in [1.29, 1.82) is 0 Å². The van der Waals surface area contributed by atoms with E-state index in [1.165, 1.54) is 30.4 Å². The van der Waals surface area contributed by atoms with Crippen molar-refractivity contribution in [2.75, 3.05) is 17.2 Å². The van der Waals surface area contributed by atoms with Gasteiger partial charge in [0.15, 0.2) is 6.61 Å². The lowest BCUT2D eigenvalue weighted by molar-refractivity contribution is -0.119. The number of thioether (sulfide) groups is 1. The van der Waals surface area contributed by atoms with Gasteiger partial charge in [0.1, 0.15) is 5.00 Å². The fourth-order valence-electron chi connectivity index (χ4n) is 2.28. The number of amides is 2. The van der Waals surface area contributed by atoms with E-state index in [2.05, 4.69) is 10.6 Å². The topological polar surface area (TPSA) is 84.5 Å². The van der Waals surface area contributed by atoms with Crippen LogP contribution in [0.5, 0.6) is 0 Å². The highest BCUT2D eigenvalue weighted by Gasteiger charge is 2.22. The molecule has 0 unspecified atom stereocenters. The maximum Gasteiger partial charge on any atom is 0.341 e. The maximum absolute atomic E-state index is 12.6. The minimum absolute atomic E-state index is 0.194. The molecule has 10 heteroatoms. The Morgan fingerprint density at radius 2 is 1.86 bits per heavy atom. The number of hydrogen-bond donors (Lipinski definition) is 2. The van der Waals surface area contributed by atoms with Gasteiger partial charge in [-0.25, -0.2) is 4.79 Å². The summed E-state index contributed by atoms with van der Waals surface area (Å²) >= 11 is 1.54. The highest BCUT2D eigenvalue weighted by atomic mass is 32.2. The Balaban J connectivity index is 2.04. The van der Waals surface area contributed by atoms with E-state index < -0.39 is 24.2 Å². The molecule has 0 saturated heterocycles. The molecule has 28 heavy (non-hydrogen) atoms. The number of ether oxygens (including phenoxy) is 1. The highest BCUT2D eigenvalue weighted by molar-refractivity contribution is 7.99. The number of alkyl halides is 2. The van der Waals surface area contributed by atoms with Crippen LogP contribution in [0.3, 0.4) is 0 Å². The average molecular weight is 428 g/mol. The minimum atomic E-state index is -2.63. The lowest BCUT2D eigenvalue weighted by atomic mass is 10.1. The Morgan fingerprint density at radius 3 is 2.50 bits per heavy atom. The monoisotopic (exact) mass is 428 g/mol. The van der Waals surface area contributed by atoms with Gasteiger partial charge in [0, 0.05) is 16.7 Å². The van der Waals surface area contributed by atoms with Crippen LogP contribution in [0.4, 0.5) is 19.5 Å². The number of anilines is 2. The van der Waals surface area contributed by atoms with E-state index in [1.54, 1.807) is 26.0 Å². The quantitative estimate of drug-likeness (QED) is 0.503. The summed E-state index contributed by atoms with van der Waals surface area (Å²) in [6, 6.07) is 6.10. The van der Waals surface area contributed by atoms with E-state index in [-0.39, 0.29) is 22.1 Å². The molecule has 1 heterocycles. The van der Waals surface area contributed by atoms with Gasteiger partial charge >= 0.3 is 5.97 Å². The van der Waals surface area contributed by atoms with Crippen molar-refractivity contribution < 1.29 is 27.9 Å². The van der Waals surface area contributed by atoms with Crippen molar-refractivity contribution in [2.45, 2.75) is 31.4 Å². The summed E-state index contributed by atoms with van der Waals surface area (Å²) < 4.78 is 30.2. The fraction of sp³-hybridized carbons (Fsp3) is 0.278. The first-order valence-electron chi connectivity index (χ1n) is 8.07. The molecule has 0 aliphatic carbocycles. The summed E-state index contributed by atoms with van der Waals surface area (Å²) in [5.41, 5.74) is 1.05. The first-order valence-corrected chi connectivity index (χ1v) is 9.77. The number of benzene rings is 1. The number of para-hydroxylation sites is 1. The van der Waals surface area contributed by atoms with Gasteiger partial charge in [0.2, 0.25) is 5.91 Å². The van der Waals surface area contributed by atoms with Crippen LogP contribution < -0.4 is 10.6 Å². The maximum atomic E-state index is 12.6. The third-order valence-electron chi connectivity index (χ3n) is 3.59. The SMILES string of the molecule is CC(=O)Nc1sc(C)c(C)c1C(=O)OCC(=O)Nc1ccccc1SC(F)F. The summed E-state index contributed by atoms with van der Waals surface area (Å²) in [6.45, 7) is 4.24. The second-order valence-corrected chi connectivity index (χ2v) is 7.92. The number of rotatable bonds is 7. The largest absolute Gasteiger partial charge is 0.452 e. The predicted molar refractivity (Wildman–Crippen MR) is 105 cm³/mol. The molecule has 150 valence electrons. The van der Waals surface area contributed by atoms with Gasteiger partial charge in [-0.1, -0.05) is 23.9 Å². The molecule has 2 amide bonds. The van der Waals surface area contributed by atoms with Crippen LogP contribution in [0.15, 0.2) is 29.2 Å². The van der Waals surface area contributed by atoms with Crippen LogP contribution in [0, 0.1) is 13.8 Å². The molecule has 0 bridgehead atoms. The number of halogens is 2. The molecule has 0 fully saturated rings. The second-order valence-electron chi connectivity index (χ2n) is 5.67. The molecule has 0 aliphatic heterocycles. The molecule has 2 rings (SSSR count). The molecule has 0 atom stereocenters. The van der Waals surface area contributed by atoms with Crippen LogP contribution in [0.2, 0.25) is 0 Å². The summed E-state index contributed by atoms with van der Waals surface area (Å²) in [5, 5.41) is 5.38. The van der Waals surface area contributed by atoms with Crippen molar-refractivity contribution >= 4 is 51.6 Å². The van der Waals surface area contributed by atoms with Gasteiger partial charge in [0.05, 0.1) is 11.3 Å². The molecule has 0 aliphatic rings. The standard InChI is InChI=1S/C18H18F2N2O4S2/c1-9-10(2)27-16(21-11(3)23)15(9)17(25)26-8-14(24)22-12-6-4-5-7-13(12)28-18(19)20/h4-7,18H,8H2,1-3H3,(H,21,23)(H,22,24). The Labute approximate surface area is 168 Å². The first-order chi connectivity index (χ1) is 13.2. The van der Waals surface area contributed by atoms with Crippen molar-refractivity contribution in [3.8, 4) is 0 Å². The molecule has 0 saturated carbocycles. The third kappa shape index (κ3) is 5.77. The number of carbonyl (C=O) groups is 3. The van der Waals surface area contributed by atoms with Gasteiger partial charge in [-0.2, -0.15) is 8.78 Å². The molecular weight excluding hydrogens is 410 g/mol. The molecule has 6 nitrogen and oxygen atoms in total. The second kappa shape index (κ2) is 9.65. The van der Waals surface area contributed by atoms with E-state index in [0.717, 1.165) is 4.88 Å². The van der Waals surface area contributed by atoms with Crippen molar-refractivity contribution in [3.63, 3.8) is 0 Å². The van der Waals surface area contributed by atoms with E-state index in [1.807, 2.05) is 0 Å². The van der Waals surface area contributed by atoms with Gasteiger partial charge in [0.25, 0.3) is 11.7 Å². The Kier molecular flexibility index (Phi) is 7.53. The Bertz CT molecular complexity index is 900. The normalized spacial score (nSPS) is 10.6. The van der Waals surface area contributed by atoms with Crippen LogP contribution >= 0.6 is 23.1 Å². The Morgan fingerprint density at radius 1 is 1.18 bits per heavy atom. The highest BCUT2D eigenvalue weighted by Crippen LogP contribution is 2.33. The van der Waals surface area contributed by atoms with E-state index in [9.17, 15) is 23.2 Å². The molecule has 0 spiro atoms. The van der Waals surface area contributed by atoms with E-state index in [4.69, 9.17) is 4.74 Å². The first kappa shape index (κ1) is 21.8. The number of thiophene rings is 1. The smallest absolute Gasteiger partial charge is 0.341 e. The van der Waals surface area contributed by atoms with Crippen molar-refractivity contribution in [1.82, 2.24) is 0 Å². The van der Waals surface area contributed by atoms with Crippen LogP contribution in [-0.2, 0) is 14.3 Å². The Hall–Kier alpha value is -2.46. The van der Waals surface area contributed by atoms with Gasteiger partial charge in [-0.3, -0.25) is 9.59 Å². The van der Waals surface area contributed by atoms with Gasteiger partial charge in [-0.15, -0.1) is 11.3 Å². The van der Waals surface area contributed by atoms with Gasteiger partial charge < -0.3 is 15.4 Å². The van der Waals surface area contributed by atoms with E-state index in [0.29, 0.717) is 22.3 Å². The number of carbonyl (C=O) groups excluding carboxylic acids is 3. The minimum Gasteiger partial charge on any atom is -0.452 e. The molecule has 2 N–H and O–H groups in total. The molecule has 2 aromatic rings. The number of nitrogens with one attached hydrogen (secondary N) is 2. The van der Waals surface area contributed by atoms with Gasteiger partial charge in [-0.05, 0) is 31.5 Å². The van der Waals surface area contributed by atoms with Crippen LogP contribution in [0.25, 0.3) is 0 Å². The average Bonchev–Trinajstić information content (AvgIpc) is 2.87. The predicted octanol–water partition coefficient (Wildman–Crippen LogP) is 4.43. The number of hydrogen-bond acceptors (Lipinski definition) is 6. The summed E-state index contributed by atoms with van der Waals surface area (Å²) in [5.74, 6) is -4.38. The third-order valence-corrected chi connectivity index (χ3v) is 5.50. The molecular formula is C18H18F2N2O4S2. The molecule has 0 radical (unpaired) electrons. The van der Waals surface area contributed by atoms with Crippen LogP contribution in [0.1, 0.15) is 27.7 Å². The van der Waals surface area contributed by atoms with Crippen molar-refractivity contribution in [3.05, 3.63) is 40.3 Å².